The fourth-order valence-corrected chi connectivity index (χ4v) is 2.68. The number of primary amides is 1. The topological polar surface area (TPSA) is 55.1 Å². The number of carbonyl (C=O) groups excluding carboxylic acids is 1. The number of hydrogen-bond donors (Lipinski definition) is 2. The fraction of sp³-hybridized carbons (Fsp3) is 0.154. The molecule has 21 heavy (non-hydrogen) atoms. The molecule has 1 aromatic carbocycles. The molecule has 0 unspecified atom stereocenters. The van der Waals surface area contributed by atoms with Gasteiger partial charge >= 0.3 is 6.18 Å². The van der Waals surface area contributed by atoms with E-state index in [2.05, 4.69) is 5.32 Å². The van der Waals surface area contributed by atoms with E-state index >= 15 is 0 Å². The van der Waals surface area contributed by atoms with Gasteiger partial charge in [0.1, 0.15) is 0 Å². The van der Waals surface area contributed by atoms with Gasteiger partial charge < -0.3 is 11.1 Å². The molecule has 8 heteroatoms. The van der Waals surface area contributed by atoms with E-state index in [9.17, 15) is 18.0 Å². The van der Waals surface area contributed by atoms with Crippen LogP contribution in [0.2, 0.25) is 5.02 Å². The van der Waals surface area contributed by atoms with Crippen molar-refractivity contribution < 1.29 is 18.0 Å². The quantitative estimate of drug-likeness (QED) is 0.883. The lowest BCUT2D eigenvalue weighted by Gasteiger charge is -2.12. The Labute approximate surface area is 127 Å². The number of anilines is 1. The molecule has 2 aromatic rings. The van der Waals surface area contributed by atoms with Crippen LogP contribution >= 0.6 is 22.9 Å². The molecule has 3 N–H and O–H groups in total. The summed E-state index contributed by atoms with van der Waals surface area (Å²) in [5.41, 5.74) is 4.91. The number of amides is 1. The molecular formula is C13H10ClF3N2OS. The van der Waals surface area contributed by atoms with Crippen molar-refractivity contribution >= 4 is 34.5 Å². The minimum Gasteiger partial charge on any atom is -0.380 e. The molecule has 0 spiro atoms. The van der Waals surface area contributed by atoms with Crippen LogP contribution in [-0.2, 0) is 12.7 Å². The molecule has 0 saturated carbocycles. The van der Waals surface area contributed by atoms with E-state index in [0.717, 1.165) is 10.9 Å². The molecule has 3 nitrogen and oxygen atoms in total. The normalized spacial score (nSPS) is 11.4. The molecule has 2 rings (SSSR count). The van der Waals surface area contributed by atoms with E-state index < -0.39 is 17.6 Å². The molecule has 0 aliphatic carbocycles. The summed E-state index contributed by atoms with van der Waals surface area (Å²) in [6, 6.07) is 5.20. The number of hydrogen-bond acceptors (Lipinski definition) is 3. The zero-order valence-electron chi connectivity index (χ0n) is 10.5. The van der Waals surface area contributed by atoms with Crippen LogP contribution < -0.4 is 11.1 Å². The van der Waals surface area contributed by atoms with Gasteiger partial charge in [-0.15, -0.1) is 11.3 Å². The Morgan fingerprint density at radius 3 is 2.62 bits per heavy atom. The van der Waals surface area contributed by atoms with Gasteiger partial charge in [0.15, 0.2) is 0 Å². The maximum absolute atomic E-state index is 12.7. The largest absolute Gasteiger partial charge is 0.417 e. The van der Waals surface area contributed by atoms with Gasteiger partial charge in [0.05, 0.1) is 16.1 Å². The zero-order valence-corrected chi connectivity index (χ0v) is 12.1. The Kier molecular flexibility index (Phi) is 4.43. The van der Waals surface area contributed by atoms with E-state index in [1.807, 2.05) is 0 Å². The molecule has 0 aliphatic rings. The highest BCUT2D eigenvalue weighted by atomic mass is 35.5. The summed E-state index contributed by atoms with van der Waals surface area (Å²) in [6.07, 6.45) is -4.50. The third kappa shape index (κ3) is 3.89. The van der Waals surface area contributed by atoms with Crippen molar-refractivity contribution in [3.63, 3.8) is 0 Å². The number of halogens is 4. The minimum atomic E-state index is -4.50. The van der Waals surface area contributed by atoms with Crippen LogP contribution in [0.15, 0.2) is 29.6 Å². The maximum atomic E-state index is 12.7. The van der Waals surface area contributed by atoms with Crippen molar-refractivity contribution in [1.29, 1.82) is 0 Å². The van der Waals surface area contributed by atoms with Crippen molar-refractivity contribution in [2.24, 2.45) is 5.73 Å². The van der Waals surface area contributed by atoms with Gasteiger partial charge in [-0.05, 0) is 24.3 Å². The Balaban J connectivity index is 2.11. The Morgan fingerprint density at radius 2 is 2.05 bits per heavy atom. The number of nitrogens with two attached hydrogens (primary N) is 1. The maximum Gasteiger partial charge on any atom is 0.417 e. The number of rotatable bonds is 4. The smallest absolute Gasteiger partial charge is 0.380 e. The Bertz CT molecular complexity index is 670. The van der Waals surface area contributed by atoms with Crippen molar-refractivity contribution in [1.82, 2.24) is 0 Å². The number of nitrogens with one attached hydrogen (secondary N) is 1. The number of thiophene rings is 1. The SMILES string of the molecule is NC(=O)c1csc(CNc2ccc(Cl)c(C(F)(F)F)c2)c1. The van der Waals surface area contributed by atoms with Crippen LogP contribution in [0.1, 0.15) is 20.8 Å². The molecule has 0 fully saturated rings. The molecule has 1 amide bonds. The summed E-state index contributed by atoms with van der Waals surface area (Å²) < 4.78 is 38.2. The van der Waals surface area contributed by atoms with Crippen molar-refractivity contribution in [2.75, 3.05) is 5.32 Å². The lowest BCUT2D eigenvalue weighted by molar-refractivity contribution is -0.137. The number of carbonyl (C=O) groups is 1. The van der Waals surface area contributed by atoms with Crippen LogP contribution in [-0.4, -0.2) is 5.91 Å². The van der Waals surface area contributed by atoms with Crippen LogP contribution in [0.3, 0.4) is 0 Å². The first-order valence-electron chi connectivity index (χ1n) is 5.75. The number of alkyl halides is 3. The summed E-state index contributed by atoms with van der Waals surface area (Å²) in [7, 11) is 0. The Hall–Kier alpha value is -1.73. The summed E-state index contributed by atoms with van der Waals surface area (Å²) in [4.78, 5) is 11.7. The van der Waals surface area contributed by atoms with Crippen molar-refractivity contribution in [3.05, 3.63) is 50.7 Å². The molecule has 0 bridgehead atoms. The molecule has 0 radical (unpaired) electrons. The van der Waals surface area contributed by atoms with Gasteiger partial charge in [-0.3, -0.25) is 4.79 Å². The van der Waals surface area contributed by atoms with Gasteiger partial charge in [0.25, 0.3) is 0 Å². The average molecular weight is 335 g/mol. The lowest BCUT2D eigenvalue weighted by atomic mass is 10.2. The van der Waals surface area contributed by atoms with E-state index in [-0.39, 0.29) is 11.6 Å². The van der Waals surface area contributed by atoms with Crippen LogP contribution in [0.4, 0.5) is 18.9 Å². The van der Waals surface area contributed by atoms with Crippen LogP contribution in [0, 0.1) is 0 Å². The average Bonchev–Trinajstić information content (AvgIpc) is 2.85. The second-order valence-corrected chi connectivity index (χ2v) is 5.61. The molecule has 0 saturated heterocycles. The zero-order chi connectivity index (χ0) is 15.6. The van der Waals surface area contributed by atoms with Gasteiger partial charge in [-0.1, -0.05) is 11.6 Å². The number of benzene rings is 1. The molecular weight excluding hydrogens is 325 g/mol. The van der Waals surface area contributed by atoms with Crippen molar-refractivity contribution in [3.8, 4) is 0 Å². The first-order chi connectivity index (χ1) is 9.77. The highest BCUT2D eigenvalue weighted by Crippen LogP contribution is 2.36. The lowest BCUT2D eigenvalue weighted by Crippen LogP contribution is -2.09. The minimum absolute atomic E-state index is 0.289. The first-order valence-corrected chi connectivity index (χ1v) is 7.01. The molecule has 112 valence electrons. The second kappa shape index (κ2) is 5.95. The molecule has 0 aliphatic heterocycles. The summed E-state index contributed by atoms with van der Waals surface area (Å²) in [6.45, 7) is 0.289. The van der Waals surface area contributed by atoms with Gasteiger partial charge in [-0.25, -0.2) is 0 Å². The highest BCUT2D eigenvalue weighted by molar-refractivity contribution is 7.10. The second-order valence-electron chi connectivity index (χ2n) is 4.21. The summed E-state index contributed by atoms with van der Waals surface area (Å²) in [5.74, 6) is -0.539. The van der Waals surface area contributed by atoms with Gasteiger partial charge in [-0.2, -0.15) is 13.2 Å². The Morgan fingerprint density at radius 1 is 1.33 bits per heavy atom. The fourth-order valence-electron chi connectivity index (χ4n) is 1.64. The third-order valence-corrected chi connectivity index (χ3v) is 3.94. The predicted molar refractivity (Wildman–Crippen MR) is 76.6 cm³/mol. The van der Waals surface area contributed by atoms with Crippen LogP contribution in [0.25, 0.3) is 0 Å². The molecule has 1 heterocycles. The predicted octanol–water partition coefficient (Wildman–Crippen LogP) is 4.13. The van der Waals surface area contributed by atoms with Gasteiger partial charge in [0, 0.05) is 22.5 Å². The van der Waals surface area contributed by atoms with Crippen molar-refractivity contribution in [2.45, 2.75) is 12.7 Å². The van der Waals surface area contributed by atoms with E-state index in [1.54, 1.807) is 11.4 Å². The third-order valence-electron chi connectivity index (χ3n) is 2.68. The highest BCUT2D eigenvalue weighted by Gasteiger charge is 2.33. The standard InChI is InChI=1S/C13H10ClF3N2OS/c14-11-2-1-8(4-10(11)13(15,16)17)19-5-9-3-7(6-21-9)12(18)20/h1-4,6,19H,5H2,(H2,18,20). The summed E-state index contributed by atoms with van der Waals surface area (Å²) >= 11 is 6.84. The molecule has 1 aromatic heterocycles. The monoisotopic (exact) mass is 334 g/mol. The summed E-state index contributed by atoms with van der Waals surface area (Å²) in [5, 5.41) is 4.11. The molecule has 0 atom stereocenters. The van der Waals surface area contributed by atoms with Gasteiger partial charge in [0.2, 0.25) is 5.91 Å². The van der Waals surface area contributed by atoms with E-state index in [1.165, 1.54) is 23.5 Å². The first kappa shape index (κ1) is 15.7. The van der Waals surface area contributed by atoms with E-state index in [0.29, 0.717) is 11.3 Å². The van der Waals surface area contributed by atoms with E-state index in [4.69, 9.17) is 17.3 Å². The van der Waals surface area contributed by atoms with Crippen LogP contribution in [0.5, 0.6) is 0 Å².